The van der Waals surface area contributed by atoms with E-state index in [4.69, 9.17) is 14.2 Å². The molecule has 2 N–H and O–H groups in total. The Kier molecular flexibility index (Phi) is 10.1. The van der Waals surface area contributed by atoms with Gasteiger partial charge in [-0.2, -0.15) is 0 Å². The summed E-state index contributed by atoms with van der Waals surface area (Å²) in [4.78, 5) is 29.0. The van der Waals surface area contributed by atoms with Crippen LogP contribution in [0.5, 0.6) is 0 Å². The quantitative estimate of drug-likeness (QED) is 0.414. The monoisotopic (exact) mass is 565 g/mol. The van der Waals surface area contributed by atoms with Gasteiger partial charge in [-0.15, -0.1) is 0 Å². The molecule has 9 heteroatoms. The van der Waals surface area contributed by atoms with Gasteiger partial charge >= 0.3 is 5.97 Å². The van der Waals surface area contributed by atoms with E-state index in [2.05, 4.69) is 15.1 Å². The largest absolute Gasteiger partial charge is 0.453 e. The molecule has 9 nitrogen and oxygen atoms in total. The highest BCUT2D eigenvalue weighted by Crippen LogP contribution is 2.39. The molecule has 0 saturated carbocycles. The first-order chi connectivity index (χ1) is 19.9. The number of hydrogen-bond acceptors (Lipinski definition) is 8. The molecule has 3 fully saturated rings. The number of nitrogens with zero attached hydrogens (tertiary/aromatic N) is 2. The molecule has 0 spiro atoms. The summed E-state index contributed by atoms with van der Waals surface area (Å²) in [5.41, 5.74) is 3.30. The van der Waals surface area contributed by atoms with Crippen LogP contribution in [0.25, 0.3) is 0 Å². The number of esters is 1. The zero-order valence-electron chi connectivity index (χ0n) is 24.2. The van der Waals surface area contributed by atoms with Crippen molar-refractivity contribution in [2.45, 2.75) is 83.2 Å². The van der Waals surface area contributed by atoms with Crippen LogP contribution in [0.15, 0.2) is 48.5 Å². The average molecular weight is 566 g/mol. The van der Waals surface area contributed by atoms with Gasteiger partial charge in [0.25, 0.3) is 5.91 Å². The predicted molar refractivity (Wildman–Crippen MR) is 155 cm³/mol. The summed E-state index contributed by atoms with van der Waals surface area (Å²) in [5.74, 6) is -0.907. The molecule has 5 rings (SSSR count). The van der Waals surface area contributed by atoms with Gasteiger partial charge in [-0.25, -0.2) is 0 Å². The number of hydrogen-bond donors (Lipinski definition) is 2. The number of ether oxygens (including phenoxy) is 3. The lowest BCUT2D eigenvalue weighted by Gasteiger charge is -2.39. The maximum Gasteiger partial charge on any atom is 0.303 e. The van der Waals surface area contributed by atoms with Crippen LogP contribution in [-0.4, -0.2) is 77.8 Å². The highest BCUT2D eigenvalue weighted by molar-refractivity contribution is 5.95. The van der Waals surface area contributed by atoms with Crippen molar-refractivity contribution in [1.29, 1.82) is 0 Å². The Hall–Kier alpha value is -2.82. The molecule has 5 atom stereocenters. The van der Waals surface area contributed by atoms with E-state index in [1.807, 2.05) is 42.5 Å². The fourth-order valence-corrected chi connectivity index (χ4v) is 6.21. The van der Waals surface area contributed by atoms with E-state index in [-0.39, 0.29) is 18.8 Å². The fraction of sp³-hybridized carbons (Fsp3) is 0.562. The number of benzene rings is 2. The Morgan fingerprint density at radius 1 is 1.02 bits per heavy atom. The Balaban J connectivity index is 1.32. The summed E-state index contributed by atoms with van der Waals surface area (Å²) in [6, 6.07) is 15.9. The minimum Gasteiger partial charge on any atom is -0.453 e. The van der Waals surface area contributed by atoms with Crippen molar-refractivity contribution in [2.75, 3.05) is 38.0 Å². The van der Waals surface area contributed by atoms with Crippen LogP contribution < -0.4 is 5.32 Å². The van der Waals surface area contributed by atoms with Crippen LogP contribution in [0.2, 0.25) is 0 Å². The van der Waals surface area contributed by atoms with Gasteiger partial charge in [-0.3, -0.25) is 14.5 Å². The minimum absolute atomic E-state index is 0.00210. The lowest BCUT2D eigenvalue weighted by molar-refractivity contribution is -0.253. The predicted octanol–water partition coefficient (Wildman–Crippen LogP) is 4.17. The number of nitrogens with one attached hydrogen (secondary N) is 1. The summed E-state index contributed by atoms with van der Waals surface area (Å²) in [6.07, 6.45) is 4.06. The third-order valence-corrected chi connectivity index (χ3v) is 8.36. The van der Waals surface area contributed by atoms with Crippen LogP contribution in [0, 0.1) is 0 Å². The Labute approximate surface area is 242 Å². The van der Waals surface area contributed by atoms with Crippen molar-refractivity contribution in [3.63, 3.8) is 0 Å². The van der Waals surface area contributed by atoms with E-state index in [0.717, 1.165) is 42.7 Å². The standard InChI is InChI=1S/C32H43N3O6/c1-22(39-23(2)37)31(38)33-27-8-5-7-26(17-27)32-40-29(18-30(41-32)25-12-10-24(21-36)11-13-25)20-35-16-6-9-28(35)19-34-14-3-4-15-34/h5,7-8,10-13,17,22,28-30,32,36H,3-4,6,9,14-16,18-21H2,1-2H3,(H,33,38)/t22-,28-,29-,30+,32+/m0/s1. The first-order valence-electron chi connectivity index (χ1n) is 14.9. The molecule has 0 bridgehead atoms. The third kappa shape index (κ3) is 7.93. The number of aliphatic hydroxyl groups is 1. The van der Waals surface area contributed by atoms with Crippen LogP contribution >= 0.6 is 0 Å². The maximum absolute atomic E-state index is 12.5. The topological polar surface area (TPSA) is 101 Å². The van der Waals surface area contributed by atoms with E-state index in [9.17, 15) is 14.7 Å². The molecule has 2 aromatic rings. The molecule has 3 aliphatic rings. The maximum atomic E-state index is 12.5. The summed E-state index contributed by atoms with van der Waals surface area (Å²) in [5, 5.41) is 12.3. The first kappa shape index (κ1) is 29.7. The van der Waals surface area contributed by atoms with Crippen molar-refractivity contribution in [2.24, 2.45) is 0 Å². The molecule has 0 unspecified atom stereocenters. The van der Waals surface area contributed by atoms with Gasteiger partial charge < -0.3 is 29.5 Å². The first-order valence-corrected chi connectivity index (χ1v) is 14.9. The number of anilines is 1. The molecule has 3 saturated heterocycles. The molecule has 2 aromatic carbocycles. The summed E-state index contributed by atoms with van der Waals surface area (Å²) in [7, 11) is 0. The van der Waals surface area contributed by atoms with Crippen LogP contribution in [-0.2, 0) is 30.4 Å². The van der Waals surface area contributed by atoms with Gasteiger partial charge in [-0.05, 0) is 75.5 Å². The molecular weight excluding hydrogens is 522 g/mol. The van der Waals surface area contributed by atoms with Crippen molar-refractivity contribution < 1.29 is 28.9 Å². The number of rotatable bonds is 10. The summed E-state index contributed by atoms with van der Waals surface area (Å²) < 4.78 is 18.2. The van der Waals surface area contributed by atoms with Crippen molar-refractivity contribution >= 4 is 17.6 Å². The highest BCUT2D eigenvalue weighted by Gasteiger charge is 2.36. The second-order valence-corrected chi connectivity index (χ2v) is 11.5. The lowest BCUT2D eigenvalue weighted by atomic mass is 9.99. The van der Waals surface area contributed by atoms with E-state index in [1.54, 1.807) is 13.0 Å². The number of aliphatic hydroxyl groups excluding tert-OH is 1. The zero-order chi connectivity index (χ0) is 28.8. The molecular formula is C32H43N3O6. The number of carbonyl (C=O) groups is 2. The van der Waals surface area contributed by atoms with Gasteiger partial charge in [0, 0.05) is 43.7 Å². The van der Waals surface area contributed by atoms with Gasteiger partial charge in [0.2, 0.25) is 0 Å². The highest BCUT2D eigenvalue weighted by atomic mass is 16.7. The Bertz CT molecular complexity index is 1170. The SMILES string of the molecule is CC(=O)O[C@@H](C)C(=O)Nc1cccc([C@@H]2O[C@H](CN3CCC[C@H]3CN3CCCC3)C[C@H](c3ccc(CO)cc3)O2)c1. The van der Waals surface area contributed by atoms with E-state index >= 15 is 0 Å². The van der Waals surface area contributed by atoms with Crippen molar-refractivity contribution in [3.8, 4) is 0 Å². The molecule has 3 aliphatic heterocycles. The normalized spacial score (nSPS) is 26.1. The Morgan fingerprint density at radius 3 is 2.54 bits per heavy atom. The second kappa shape index (κ2) is 13.9. The third-order valence-electron chi connectivity index (χ3n) is 8.36. The fourth-order valence-electron chi connectivity index (χ4n) is 6.21. The molecule has 41 heavy (non-hydrogen) atoms. The number of carbonyl (C=O) groups excluding carboxylic acids is 2. The average Bonchev–Trinajstić information content (AvgIpc) is 3.65. The van der Waals surface area contributed by atoms with Crippen molar-refractivity contribution in [3.05, 3.63) is 65.2 Å². The molecule has 0 aliphatic carbocycles. The van der Waals surface area contributed by atoms with Gasteiger partial charge in [-0.1, -0.05) is 36.4 Å². The van der Waals surface area contributed by atoms with Gasteiger partial charge in [0.05, 0.1) is 18.8 Å². The van der Waals surface area contributed by atoms with E-state index in [0.29, 0.717) is 11.7 Å². The Morgan fingerprint density at radius 2 is 1.80 bits per heavy atom. The molecule has 222 valence electrons. The number of amides is 1. The lowest BCUT2D eigenvalue weighted by Crippen LogP contribution is -2.45. The van der Waals surface area contributed by atoms with Crippen LogP contribution in [0.1, 0.15) is 75.0 Å². The second-order valence-electron chi connectivity index (χ2n) is 11.5. The van der Waals surface area contributed by atoms with Crippen LogP contribution in [0.3, 0.4) is 0 Å². The molecule has 0 radical (unpaired) electrons. The molecule has 1 amide bonds. The number of likely N-dealkylation sites (tertiary alicyclic amines) is 2. The smallest absolute Gasteiger partial charge is 0.303 e. The summed E-state index contributed by atoms with van der Waals surface area (Å²) >= 11 is 0. The van der Waals surface area contributed by atoms with Crippen LogP contribution in [0.4, 0.5) is 5.69 Å². The van der Waals surface area contributed by atoms with Gasteiger partial charge in [0.15, 0.2) is 12.4 Å². The zero-order valence-corrected chi connectivity index (χ0v) is 24.2. The molecule has 3 heterocycles. The summed E-state index contributed by atoms with van der Waals surface area (Å²) in [6.45, 7) is 8.30. The van der Waals surface area contributed by atoms with E-state index < -0.39 is 24.3 Å². The minimum atomic E-state index is -0.900. The van der Waals surface area contributed by atoms with E-state index in [1.165, 1.54) is 45.7 Å². The van der Waals surface area contributed by atoms with Gasteiger partial charge in [0.1, 0.15) is 0 Å². The van der Waals surface area contributed by atoms with Crippen molar-refractivity contribution in [1.82, 2.24) is 9.80 Å². The molecule has 0 aromatic heterocycles.